The Kier molecular flexibility index (Phi) is 5.71. The fraction of sp³-hybridized carbons (Fsp3) is 0.524. The van der Waals surface area contributed by atoms with Gasteiger partial charge < -0.3 is 10.2 Å². The van der Waals surface area contributed by atoms with Crippen LogP contribution in [0.5, 0.6) is 0 Å². The van der Waals surface area contributed by atoms with Crippen LogP contribution in [0.3, 0.4) is 0 Å². The van der Waals surface area contributed by atoms with Gasteiger partial charge in [0.05, 0.1) is 12.1 Å². The fourth-order valence-electron chi connectivity index (χ4n) is 4.52. The summed E-state index contributed by atoms with van der Waals surface area (Å²) in [4.78, 5) is 14.3. The van der Waals surface area contributed by atoms with E-state index < -0.39 is 24.1 Å². The number of benzene rings is 1. The lowest BCUT2D eigenvalue weighted by molar-refractivity contribution is -0.132. The Morgan fingerprint density at radius 2 is 2.10 bits per heavy atom. The molecule has 1 N–H and O–H groups in total. The molecule has 1 aromatic heterocycles. The fourth-order valence-corrected chi connectivity index (χ4v) is 4.52. The van der Waals surface area contributed by atoms with Gasteiger partial charge in [-0.15, -0.1) is 0 Å². The topological polar surface area (TPSA) is 50.2 Å². The van der Waals surface area contributed by atoms with E-state index in [1.54, 1.807) is 17.9 Å². The van der Waals surface area contributed by atoms with Crippen molar-refractivity contribution < 1.29 is 22.4 Å². The highest BCUT2D eigenvalue weighted by molar-refractivity contribution is 5.79. The Morgan fingerprint density at radius 1 is 1.30 bits per heavy atom. The van der Waals surface area contributed by atoms with Crippen LogP contribution in [-0.4, -0.2) is 46.1 Å². The number of likely N-dealkylation sites (tertiary alicyclic amines) is 1. The predicted octanol–water partition coefficient (Wildman–Crippen LogP) is 3.94. The molecule has 162 valence electrons. The Labute approximate surface area is 172 Å². The molecule has 1 amide bonds. The standard InChI is InChI=1S/C21H24F4N4O/c1-12-7-19-26-17(10-18(21(24)25)29(19)27-12)13-3-2-6-28(11-13)20(30)9-14-8-15(22)4-5-16(14)23/h4-5,7-8,13,17-18,21,26H,2-3,6,9-11H2,1H3/t13?,17-,18+/m0/s1. The molecular weight excluding hydrogens is 400 g/mol. The first-order valence-corrected chi connectivity index (χ1v) is 10.1. The van der Waals surface area contributed by atoms with Gasteiger partial charge >= 0.3 is 0 Å². The van der Waals surface area contributed by atoms with Crippen molar-refractivity contribution in [3.05, 3.63) is 47.2 Å². The van der Waals surface area contributed by atoms with Gasteiger partial charge in [0.2, 0.25) is 5.91 Å². The van der Waals surface area contributed by atoms with Crippen molar-refractivity contribution >= 4 is 11.7 Å². The van der Waals surface area contributed by atoms with Crippen LogP contribution in [0.4, 0.5) is 23.4 Å². The molecule has 30 heavy (non-hydrogen) atoms. The number of carbonyl (C=O) groups excluding carboxylic acids is 1. The molecule has 9 heteroatoms. The van der Waals surface area contributed by atoms with Gasteiger partial charge in [0.1, 0.15) is 23.5 Å². The molecule has 0 spiro atoms. The van der Waals surface area contributed by atoms with Crippen molar-refractivity contribution in [1.29, 1.82) is 0 Å². The Hall–Kier alpha value is -2.58. The quantitative estimate of drug-likeness (QED) is 0.757. The van der Waals surface area contributed by atoms with Crippen molar-refractivity contribution in [2.24, 2.45) is 5.92 Å². The Balaban J connectivity index is 1.46. The van der Waals surface area contributed by atoms with Gasteiger partial charge in [0.15, 0.2) is 0 Å². The Bertz CT molecular complexity index is 932. The molecule has 2 aliphatic heterocycles. The summed E-state index contributed by atoms with van der Waals surface area (Å²) in [6.07, 6.45) is -1.00. The average Bonchev–Trinajstić information content (AvgIpc) is 3.09. The zero-order chi connectivity index (χ0) is 21.4. The summed E-state index contributed by atoms with van der Waals surface area (Å²) in [5.41, 5.74) is 0.691. The second-order valence-electron chi connectivity index (χ2n) is 8.16. The van der Waals surface area contributed by atoms with Crippen LogP contribution in [0, 0.1) is 24.5 Å². The highest BCUT2D eigenvalue weighted by Crippen LogP contribution is 2.36. The molecule has 1 unspecified atom stereocenters. The minimum absolute atomic E-state index is 0.00902. The van der Waals surface area contributed by atoms with E-state index in [1.165, 1.54) is 4.68 Å². The van der Waals surface area contributed by atoms with Crippen LogP contribution >= 0.6 is 0 Å². The van der Waals surface area contributed by atoms with Gasteiger partial charge in [-0.1, -0.05) is 0 Å². The number of aryl methyl sites for hydroxylation is 1. The van der Waals surface area contributed by atoms with Crippen molar-refractivity contribution in [1.82, 2.24) is 14.7 Å². The first-order valence-electron chi connectivity index (χ1n) is 10.1. The van der Waals surface area contributed by atoms with Crippen LogP contribution in [0.1, 0.15) is 36.6 Å². The third-order valence-corrected chi connectivity index (χ3v) is 6.02. The zero-order valence-electron chi connectivity index (χ0n) is 16.6. The van der Waals surface area contributed by atoms with Crippen LogP contribution in [0.2, 0.25) is 0 Å². The van der Waals surface area contributed by atoms with Gasteiger partial charge in [-0.2, -0.15) is 5.10 Å². The monoisotopic (exact) mass is 424 g/mol. The number of halogens is 4. The van der Waals surface area contributed by atoms with Gasteiger partial charge in [-0.3, -0.25) is 4.79 Å². The lowest BCUT2D eigenvalue weighted by Gasteiger charge is -2.41. The normalized spacial score (nSPS) is 23.9. The zero-order valence-corrected chi connectivity index (χ0v) is 16.6. The number of hydrogen-bond donors (Lipinski definition) is 1. The molecule has 3 heterocycles. The van der Waals surface area contributed by atoms with Crippen LogP contribution in [-0.2, 0) is 11.2 Å². The SMILES string of the molecule is Cc1cc2n(n1)[C@@H](C(F)F)C[C@@H](C1CCCN(C(=O)Cc3cc(F)ccc3F)C1)N2. The summed E-state index contributed by atoms with van der Waals surface area (Å²) in [5.74, 6) is -0.932. The number of nitrogens with zero attached hydrogens (tertiary/aromatic N) is 3. The van der Waals surface area contributed by atoms with E-state index in [1.807, 2.05) is 0 Å². The molecule has 0 radical (unpaired) electrons. The maximum Gasteiger partial charge on any atom is 0.260 e. The summed E-state index contributed by atoms with van der Waals surface area (Å²) in [6, 6.07) is 3.59. The molecule has 4 rings (SSSR count). The lowest BCUT2D eigenvalue weighted by atomic mass is 9.85. The van der Waals surface area contributed by atoms with E-state index in [-0.39, 0.29) is 36.3 Å². The summed E-state index contributed by atoms with van der Waals surface area (Å²) in [6.45, 7) is 2.68. The number of amides is 1. The molecule has 1 saturated heterocycles. The van der Waals surface area contributed by atoms with E-state index in [2.05, 4.69) is 10.4 Å². The lowest BCUT2D eigenvalue weighted by Crippen LogP contribution is -2.48. The maximum atomic E-state index is 13.9. The molecule has 3 atom stereocenters. The molecule has 0 bridgehead atoms. The van der Waals surface area contributed by atoms with Crippen molar-refractivity contribution in [3.8, 4) is 0 Å². The maximum absolute atomic E-state index is 13.9. The molecule has 1 fully saturated rings. The molecule has 5 nitrogen and oxygen atoms in total. The van der Waals surface area contributed by atoms with Gasteiger partial charge in [0.25, 0.3) is 6.43 Å². The van der Waals surface area contributed by atoms with Crippen molar-refractivity contribution in [2.45, 2.75) is 51.1 Å². The van der Waals surface area contributed by atoms with Crippen LogP contribution in [0.15, 0.2) is 24.3 Å². The number of hydrogen-bond acceptors (Lipinski definition) is 3. The summed E-state index contributed by atoms with van der Waals surface area (Å²) >= 11 is 0. The molecule has 2 aromatic rings. The van der Waals surface area contributed by atoms with Crippen molar-refractivity contribution in [3.63, 3.8) is 0 Å². The number of anilines is 1. The van der Waals surface area contributed by atoms with Crippen LogP contribution < -0.4 is 5.32 Å². The predicted molar refractivity (Wildman–Crippen MR) is 103 cm³/mol. The number of fused-ring (bicyclic) bond motifs is 1. The van der Waals surface area contributed by atoms with E-state index in [0.29, 0.717) is 24.6 Å². The highest BCUT2D eigenvalue weighted by atomic mass is 19.3. The van der Waals surface area contributed by atoms with E-state index in [4.69, 9.17) is 0 Å². The number of aromatic nitrogens is 2. The first kappa shape index (κ1) is 20.7. The van der Waals surface area contributed by atoms with E-state index in [0.717, 1.165) is 31.0 Å². The smallest absolute Gasteiger partial charge is 0.260 e. The number of carbonyl (C=O) groups is 1. The largest absolute Gasteiger partial charge is 0.367 e. The Morgan fingerprint density at radius 3 is 2.87 bits per heavy atom. The summed E-state index contributed by atoms with van der Waals surface area (Å²) in [7, 11) is 0. The first-order chi connectivity index (χ1) is 14.3. The third-order valence-electron chi connectivity index (χ3n) is 6.02. The van der Waals surface area contributed by atoms with Gasteiger partial charge in [0, 0.05) is 30.8 Å². The number of rotatable bonds is 4. The molecule has 2 aliphatic rings. The van der Waals surface area contributed by atoms with E-state index in [9.17, 15) is 22.4 Å². The van der Waals surface area contributed by atoms with Crippen molar-refractivity contribution in [2.75, 3.05) is 18.4 Å². The summed E-state index contributed by atoms with van der Waals surface area (Å²) in [5, 5.41) is 7.50. The highest BCUT2D eigenvalue weighted by Gasteiger charge is 2.38. The summed E-state index contributed by atoms with van der Waals surface area (Å²) < 4.78 is 56.0. The molecule has 1 aromatic carbocycles. The van der Waals surface area contributed by atoms with Gasteiger partial charge in [-0.25, -0.2) is 22.2 Å². The second-order valence-corrected chi connectivity index (χ2v) is 8.16. The number of piperidine rings is 1. The molecule has 0 saturated carbocycles. The number of alkyl halides is 2. The molecule has 0 aliphatic carbocycles. The average molecular weight is 424 g/mol. The molecular formula is C21H24F4N4O. The van der Waals surface area contributed by atoms with E-state index >= 15 is 0 Å². The van der Waals surface area contributed by atoms with Gasteiger partial charge in [-0.05, 0) is 50.3 Å². The third kappa shape index (κ3) is 4.15. The second kappa shape index (κ2) is 8.28. The number of nitrogens with one attached hydrogen (secondary N) is 1. The minimum atomic E-state index is -2.54. The van der Waals surface area contributed by atoms with Crippen LogP contribution in [0.25, 0.3) is 0 Å². The minimum Gasteiger partial charge on any atom is -0.367 e.